The number of aromatic nitrogens is 1. The van der Waals surface area contributed by atoms with Crippen molar-refractivity contribution in [3.05, 3.63) is 53.6 Å². The largest absolute Gasteiger partial charge is 0.396 e. The van der Waals surface area contributed by atoms with E-state index in [1.165, 1.54) is 18.2 Å². The molecule has 0 saturated carbocycles. The topological polar surface area (TPSA) is 68.0 Å². The van der Waals surface area contributed by atoms with E-state index in [0.29, 0.717) is 5.69 Å². The van der Waals surface area contributed by atoms with E-state index in [2.05, 4.69) is 10.3 Å². The molecule has 0 aliphatic rings. The first-order valence-electron chi connectivity index (χ1n) is 5.36. The molecule has 2 aromatic rings. The molecule has 1 heterocycles. The Labute approximate surface area is 104 Å². The number of aryl methyl sites for hydroxylation is 1. The van der Waals surface area contributed by atoms with Crippen LogP contribution in [0.3, 0.4) is 0 Å². The van der Waals surface area contributed by atoms with Crippen LogP contribution in [0.2, 0.25) is 0 Å². The minimum atomic E-state index is -0.565. The van der Waals surface area contributed by atoms with Gasteiger partial charge in [0.2, 0.25) is 0 Å². The third kappa shape index (κ3) is 2.63. The molecule has 3 N–H and O–H groups in total. The van der Waals surface area contributed by atoms with Crippen molar-refractivity contribution in [1.29, 1.82) is 0 Å². The van der Waals surface area contributed by atoms with Gasteiger partial charge in [0.15, 0.2) is 0 Å². The van der Waals surface area contributed by atoms with E-state index >= 15 is 0 Å². The molecule has 2 rings (SSSR count). The highest BCUT2D eigenvalue weighted by Gasteiger charge is 2.08. The third-order valence-corrected chi connectivity index (χ3v) is 2.38. The summed E-state index contributed by atoms with van der Waals surface area (Å²) < 4.78 is 13.2. The molecule has 0 aliphatic heterocycles. The predicted molar refractivity (Wildman–Crippen MR) is 67.7 cm³/mol. The second-order valence-electron chi connectivity index (χ2n) is 3.85. The van der Waals surface area contributed by atoms with Gasteiger partial charge in [0.1, 0.15) is 11.5 Å². The molecule has 0 radical (unpaired) electrons. The molecule has 0 unspecified atom stereocenters. The normalized spacial score (nSPS) is 10.1. The lowest BCUT2D eigenvalue weighted by Gasteiger charge is -2.06. The van der Waals surface area contributed by atoms with Crippen molar-refractivity contribution in [2.45, 2.75) is 6.92 Å². The molecule has 92 valence electrons. The Morgan fingerprint density at radius 2 is 2.11 bits per heavy atom. The van der Waals surface area contributed by atoms with Crippen molar-refractivity contribution in [3.8, 4) is 0 Å². The molecule has 0 atom stereocenters. The number of nitrogen functional groups attached to an aromatic ring is 1. The maximum Gasteiger partial charge on any atom is 0.274 e. The van der Waals surface area contributed by atoms with Crippen LogP contribution in [0, 0.1) is 12.7 Å². The summed E-state index contributed by atoms with van der Waals surface area (Å²) in [4.78, 5) is 15.9. The summed E-state index contributed by atoms with van der Waals surface area (Å²) in [7, 11) is 0. The first kappa shape index (κ1) is 12.0. The van der Waals surface area contributed by atoms with Crippen LogP contribution >= 0.6 is 0 Å². The zero-order valence-corrected chi connectivity index (χ0v) is 9.77. The van der Waals surface area contributed by atoms with Crippen molar-refractivity contribution >= 4 is 17.3 Å². The van der Waals surface area contributed by atoms with Gasteiger partial charge in [-0.3, -0.25) is 4.79 Å². The fourth-order valence-corrected chi connectivity index (χ4v) is 1.47. The predicted octanol–water partition coefficient (Wildman–Crippen LogP) is 2.36. The van der Waals surface area contributed by atoms with E-state index in [9.17, 15) is 9.18 Å². The zero-order chi connectivity index (χ0) is 13.1. The average Bonchev–Trinajstić information content (AvgIpc) is 2.34. The van der Waals surface area contributed by atoms with E-state index in [0.717, 1.165) is 5.69 Å². The second-order valence-corrected chi connectivity index (χ2v) is 3.85. The number of benzene rings is 1. The Hall–Kier alpha value is -2.43. The quantitative estimate of drug-likeness (QED) is 0.798. The number of hydrogen-bond acceptors (Lipinski definition) is 3. The van der Waals surface area contributed by atoms with Gasteiger partial charge in [0, 0.05) is 11.4 Å². The Morgan fingerprint density at radius 3 is 2.78 bits per heavy atom. The van der Waals surface area contributed by atoms with Gasteiger partial charge in [-0.05, 0) is 37.3 Å². The van der Waals surface area contributed by atoms with Crippen molar-refractivity contribution in [1.82, 2.24) is 4.98 Å². The number of nitrogens with two attached hydrogens (primary N) is 1. The molecule has 5 heteroatoms. The molecule has 1 aromatic heterocycles. The van der Waals surface area contributed by atoms with Crippen LogP contribution in [0.25, 0.3) is 0 Å². The summed E-state index contributed by atoms with van der Waals surface area (Å²) in [6.45, 7) is 1.79. The maximum atomic E-state index is 13.2. The van der Waals surface area contributed by atoms with Crippen LogP contribution < -0.4 is 11.1 Å². The molecule has 4 nitrogen and oxygen atoms in total. The van der Waals surface area contributed by atoms with Crippen LogP contribution in [0.15, 0.2) is 36.4 Å². The standard InChI is InChI=1S/C13H12FN3O/c1-8-3-2-4-12(16-8)13(18)17-9-5-6-11(15)10(14)7-9/h2-7H,15H2,1H3,(H,17,18). The van der Waals surface area contributed by atoms with E-state index in [1.54, 1.807) is 25.1 Å². The van der Waals surface area contributed by atoms with Gasteiger partial charge >= 0.3 is 0 Å². The molecule has 0 saturated heterocycles. The van der Waals surface area contributed by atoms with Crippen molar-refractivity contribution in [2.24, 2.45) is 0 Å². The molecule has 0 fully saturated rings. The van der Waals surface area contributed by atoms with Crippen LogP contribution in [-0.4, -0.2) is 10.9 Å². The summed E-state index contributed by atoms with van der Waals surface area (Å²) >= 11 is 0. The van der Waals surface area contributed by atoms with Crippen LogP contribution in [0.1, 0.15) is 16.2 Å². The van der Waals surface area contributed by atoms with Gasteiger partial charge < -0.3 is 11.1 Å². The van der Waals surface area contributed by atoms with Crippen LogP contribution in [0.5, 0.6) is 0 Å². The summed E-state index contributed by atoms with van der Waals surface area (Å²) in [5, 5.41) is 2.56. The monoisotopic (exact) mass is 245 g/mol. The summed E-state index contributed by atoms with van der Waals surface area (Å²) in [6.07, 6.45) is 0. The molecular weight excluding hydrogens is 233 g/mol. The molecule has 18 heavy (non-hydrogen) atoms. The highest BCUT2D eigenvalue weighted by Crippen LogP contribution is 2.16. The number of amides is 1. The number of carbonyl (C=O) groups is 1. The highest BCUT2D eigenvalue weighted by molar-refractivity contribution is 6.02. The lowest BCUT2D eigenvalue weighted by Crippen LogP contribution is -2.14. The fourth-order valence-electron chi connectivity index (χ4n) is 1.47. The Bertz CT molecular complexity index is 599. The molecule has 0 spiro atoms. The number of halogens is 1. The van der Waals surface area contributed by atoms with E-state index in [-0.39, 0.29) is 17.3 Å². The van der Waals surface area contributed by atoms with Gasteiger partial charge in [0.05, 0.1) is 5.69 Å². The highest BCUT2D eigenvalue weighted by atomic mass is 19.1. The van der Waals surface area contributed by atoms with Crippen molar-refractivity contribution < 1.29 is 9.18 Å². The molecule has 0 aliphatic carbocycles. The van der Waals surface area contributed by atoms with Gasteiger partial charge in [-0.2, -0.15) is 0 Å². The van der Waals surface area contributed by atoms with Gasteiger partial charge in [0.25, 0.3) is 5.91 Å². The zero-order valence-electron chi connectivity index (χ0n) is 9.77. The van der Waals surface area contributed by atoms with E-state index in [1.807, 2.05) is 0 Å². The number of carbonyl (C=O) groups excluding carboxylic acids is 1. The minimum Gasteiger partial charge on any atom is -0.396 e. The number of nitrogens with one attached hydrogen (secondary N) is 1. The number of hydrogen-bond donors (Lipinski definition) is 2. The van der Waals surface area contributed by atoms with Gasteiger partial charge in [-0.15, -0.1) is 0 Å². The number of anilines is 2. The van der Waals surface area contributed by atoms with Gasteiger partial charge in [-0.25, -0.2) is 9.37 Å². The average molecular weight is 245 g/mol. The van der Waals surface area contributed by atoms with Crippen molar-refractivity contribution in [2.75, 3.05) is 11.1 Å². The molecule has 1 aromatic carbocycles. The minimum absolute atomic E-state index is 0.0432. The third-order valence-electron chi connectivity index (χ3n) is 2.38. The first-order valence-corrected chi connectivity index (χ1v) is 5.36. The first-order chi connectivity index (χ1) is 8.56. The summed E-state index contributed by atoms with van der Waals surface area (Å²) in [5.74, 6) is -0.951. The molecule has 1 amide bonds. The smallest absolute Gasteiger partial charge is 0.274 e. The summed E-state index contributed by atoms with van der Waals surface area (Å²) in [5.41, 5.74) is 6.76. The second kappa shape index (κ2) is 4.83. The number of pyridine rings is 1. The Balaban J connectivity index is 2.18. The summed E-state index contributed by atoms with van der Waals surface area (Å²) in [6, 6.07) is 9.22. The Kier molecular flexibility index (Phi) is 3.23. The lowest BCUT2D eigenvalue weighted by atomic mass is 10.2. The van der Waals surface area contributed by atoms with Crippen LogP contribution in [-0.2, 0) is 0 Å². The molecule has 0 bridgehead atoms. The SMILES string of the molecule is Cc1cccc(C(=O)Nc2ccc(N)c(F)c2)n1. The Morgan fingerprint density at radius 1 is 1.33 bits per heavy atom. The van der Waals surface area contributed by atoms with E-state index in [4.69, 9.17) is 5.73 Å². The molecular formula is C13H12FN3O. The van der Waals surface area contributed by atoms with E-state index < -0.39 is 5.82 Å². The maximum absolute atomic E-state index is 13.2. The van der Waals surface area contributed by atoms with Gasteiger partial charge in [-0.1, -0.05) is 6.07 Å². The fraction of sp³-hybridized carbons (Fsp3) is 0.0769. The number of rotatable bonds is 2. The lowest BCUT2D eigenvalue weighted by molar-refractivity contribution is 0.102. The van der Waals surface area contributed by atoms with Crippen LogP contribution in [0.4, 0.5) is 15.8 Å². The van der Waals surface area contributed by atoms with Crippen molar-refractivity contribution in [3.63, 3.8) is 0 Å². The number of nitrogens with zero attached hydrogens (tertiary/aromatic N) is 1.